The minimum atomic E-state index is -2.19. The quantitative estimate of drug-likeness (QED) is 0.118. The molecule has 0 radical (unpaired) electrons. The van der Waals surface area contributed by atoms with Crippen molar-refractivity contribution in [1.82, 2.24) is 15.0 Å². The summed E-state index contributed by atoms with van der Waals surface area (Å²) in [5.41, 5.74) is 5.21. The maximum absolute atomic E-state index is 14.2. The topological polar surface area (TPSA) is 38.7 Å². The smallest absolute Gasteiger partial charge is 0.200 e. The lowest BCUT2D eigenvalue weighted by Gasteiger charge is -2.10. The summed E-state index contributed by atoms with van der Waals surface area (Å²) in [4.78, 5) is 14.0. The first-order valence-corrected chi connectivity index (χ1v) is 13.5. The SMILES string of the molecule is Fc1c(F)c(F)c(-c2ccc(-c3ccc4nc(-c5ccc(-c6nc7ccccc7s6)cc5)cnc4c3)cc2)c(F)c1F. The summed E-state index contributed by atoms with van der Waals surface area (Å²) < 4.78 is 70.4. The van der Waals surface area contributed by atoms with Gasteiger partial charge in [0.15, 0.2) is 23.3 Å². The first kappa shape index (κ1) is 25.9. The molecule has 0 aliphatic rings. The van der Waals surface area contributed by atoms with Crippen molar-refractivity contribution < 1.29 is 22.0 Å². The summed E-state index contributed by atoms with van der Waals surface area (Å²) in [5.74, 6) is -9.90. The minimum Gasteiger partial charge on any atom is -0.252 e. The molecule has 0 unspecified atom stereocenters. The van der Waals surface area contributed by atoms with Crippen LogP contribution < -0.4 is 0 Å². The van der Waals surface area contributed by atoms with Crippen LogP contribution in [0.2, 0.25) is 0 Å². The predicted octanol–water partition coefficient (Wildman–Crippen LogP) is 9.60. The molecule has 2 heterocycles. The number of halogens is 5. The highest BCUT2D eigenvalue weighted by Gasteiger charge is 2.26. The summed E-state index contributed by atoms with van der Waals surface area (Å²) >= 11 is 1.64. The van der Waals surface area contributed by atoms with Gasteiger partial charge in [-0.25, -0.2) is 31.9 Å². The second kappa shape index (κ2) is 10.1. The van der Waals surface area contributed by atoms with Gasteiger partial charge in [-0.2, -0.15) is 0 Å². The van der Waals surface area contributed by atoms with Gasteiger partial charge in [0.2, 0.25) is 5.82 Å². The maximum atomic E-state index is 14.2. The predicted molar refractivity (Wildman–Crippen MR) is 154 cm³/mol. The molecule has 0 saturated carbocycles. The van der Waals surface area contributed by atoms with Crippen molar-refractivity contribution in [3.8, 4) is 44.1 Å². The number of nitrogens with zero attached hydrogens (tertiary/aromatic N) is 3. The molecule has 7 aromatic rings. The van der Waals surface area contributed by atoms with Gasteiger partial charge < -0.3 is 0 Å². The van der Waals surface area contributed by atoms with Crippen LogP contribution in [0.25, 0.3) is 65.3 Å². The highest BCUT2D eigenvalue weighted by Crippen LogP contribution is 2.34. The van der Waals surface area contributed by atoms with E-state index in [1.807, 2.05) is 60.7 Å². The van der Waals surface area contributed by atoms with Crippen LogP contribution in [-0.4, -0.2) is 15.0 Å². The largest absolute Gasteiger partial charge is 0.252 e. The number of thiazole rings is 1. The highest BCUT2D eigenvalue weighted by atomic mass is 32.1. The van der Waals surface area contributed by atoms with Crippen molar-refractivity contribution in [2.24, 2.45) is 0 Å². The Morgan fingerprint density at radius 2 is 1.07 bits per heavy atom. The van der Waals surface area contributed by atoms with E-state index >= 15 is 0 Å². The molecule has 7 rings (SSSR count). The summed E-state index contributed by atoms with van der Waals surface area (Å²) in [7, 11) is 0. The van der Waals surface area contributed by atoms with E-state index in [-0.39, 0.29) is 5.56 Å². The average molecular weight is 582 g/mol. The zero-order valence-electron chi connectivity index (χ0n) is 21.4. The fourth-order valence-electron chi connectivity index (χ4n) is 4.80. The first-order valence-electron chi connectivity index (χ1n) is 12.7. The van der Waals surface area contributed by atoms with E-state index in [1.165, 1.54) is 12.1 Å². The Bertz CT molecular complexity index is 2080. The fourth-order valence-corrected chi connectivity index (χ4v) is 5.77. The molecule has 5 aromatic carbocycles. The lowest BCUT2D eigenvalue weighted by atomic mass is 9.99. The fraction of sp³-hybridized carbons (Fsp3) is 0. The van der Waals surface area contributed by atoms with Gasteiger partial charge in [-0.15, -0.1) is 11.3 Å². The summed E-state index contributed by atoms with van der Waals surface area (Å²) in [6, 6.07) is 27.2. The standard InChI is InChI=1S/C33H16F5N3S/c34-28-27(29(35)31(37)32(38)30(28)36)19-9-5-17(6-10-19)21-13-14-22-24(15-21)39-16-25(40-22)18-7-11-20(12-8-18)33-41-23-3-1-2-4-26(23)42-33/h1-16H. The number of rotatable bonds is 4. The molecule has 0 aliphatic heterocycles. The number of benzene rings is 5. The second-order valence-electron chi connectivity index (χ2n) is 9.55. The zero-order valence-corrected chi connectivity index (χ0v) is 22.2. The molecule has 0 N–H and O–H groups in total. The molecule has 0 fully saturated rings. The number of fused-ring (bicyclic) bond motifs is 2. The molecule has 0 atom stereocenters. The zero-order chi connectivity index (χ0) is 29.0. The van der Waals surface area contributed by atoms with E-state index in [0.717, 1.165) is 31.9 Å². The summed E-state index contributed by atoms with van der Waals surface area (Å²) in [6.45, 7) is 0. The monoisotopic (exact) mass is 581 g/mol. The van der Waals surface area contributed by atoms with Crippen molar-refractivity contribution in [3.63, 3.8) is 0 Å². The van der Waals surface area contributed by atoms with Gasteiger partial charge >= 0.3 is 0 Å². The molecule has 3 nitrogen and oxygen atoms in total. The maximum Gasteiger partial charge on any atom is 0.200 e. The molecule has 9 heteroatoms. The molecule has 0 aliphatic carbocycles. The Labute approximate surface area is 239 Å². The number of aromatic nitrogens is 3. The van der Waals surface area contributed by atoms with E-state index in [9.17, 15) is 22.0 Å². The van der Waals surface area contributed by atoms with Crippen LogP contribution in [0.1, 0.15) is 0 Å². The Morgan fingerprint density at radius 1 is 0.476 bits per heavy atom. The second-order valence-corrected chi connectivity index (χ2v) is 10.6. The molecular weight excluding hydrogens is 565 g/mol. The molecule has 0 spiro atoms. The summed E-state index contributed by atoms with van der Waals surface area (Å²) in [5, 5.41) is 0.945. The van der Waals surface area contributed by atoms with E-state index in [4.69, 9.17) is 9.97 Å². The number of para-hydroxylation sites is 1. The van der Waals surface area contributed by atoms with E-state index in [1.54, 1.807) is 29.7 Å². The molecule has 204 valence electrons. The average Bonchev–Trinajstić information content (AvgIpc) is 3.47. The molecule has 0 amide bonds. The number of hydrogen-bond acceptors (Lipinski definition) is 4. The van der Waals surface area contributed by atoms with Crippen LogP contribution in [0.15, 0.2) is 97.2 Å². The molecule has 0 saturated heterocycles. The van der Waals surface area contributed by atoms with E-state index in [2.05, 4.69) is 11.1 Å². The Kier molecular flexibility index (Phi) is 6.24. The van der Waals surface area contributed by atoms with E-state index in [0.29, 0.717) is 22.3 Å². The summed E-state index contributed by atoms with van der Waals surface area (Å²) in [6.07, 6.45) is 1.69. The lowest BCUT2D eigenvalue weighted by molar-refractivity contribution is 0.381. The first-order chi connectivity index (χ1) is 20.4. The number of hydrogen-bond donors (Lipinski definition) is 0. The van der Waals surface area contributed by atoms with Crippen molar-refractivity contribution in [2.75, 3.05) is 0 Å². The third-order valence-corrected chi connectivity index (χ3v) is 8.07. The molecule has 2 aromatic heterocycles. The van der Waals surface area contributed by atoms with Crippen molar-refractivity contribution in [1.29, 1.82) is 0 Å². The van der Waals surface area contributed by atoms with Gasteiger partial charge in [0.05, 0.1) is 38.7 Å². The van der Waals surface area contributed by atoms with Crippen molar-refractivity contribution >= 4 is 32.6 Å². The lowest BCUT2D eigenvalue weighted by Crippen LogP contribution is -2.03. The van der Waals surface area contributed by atoms with Gasteiger partial charge in [-0.05, 0) is 41.0 Å². The third kappa shape index (κ3) is 4.38. The van der Waals surface area contributed by atoms with Crippen molar-refractivity contribution in [3.05, 3.63) is 126 Å². The van der Waals surface area contributed by atoms with Crippen LogP contribution in [0.4, 0.5) is 22.0 Å². The van der Waals surface area contributed by atoms with Crippen LogP contribution >= 0.6 is 11.3 Å². The van der Waals surface area contributed by atoms with Gasteiger partial charge in [-0.3, -0.25) is 4.98 Å². The van der Waals surface area contributed by atoms with Gasteiger partial charge in [-0.1, -0.05) is 66.7 Å². The normalized spacial score (nSPS) is 11.5. The van der Waals surface area contributed by atoms with Crippen LogP contribution in [0.5, 0.6) is 0 Å². The highest BCUT2D eigenvalue weighted by molar-refractivity contribution is 7.21. The van der Waals surface area contributed by atoms with Crippen LogP contribution in [0, 0.1) is 29.1 Å². The van der Waals surface area contributed by atoms with Gasteiger partial charge in [0.1, 0.15) is 5.01 Å². The molecule has 0 bridgehead atoms. The molecular formula is C33H16F5N3S. The Balaban J connectivity index is 1.15. The molecule has 42 heavy (non-hydrogen) atoms. The van der Waals surface area contributed by atoms with Gasteiger partial charge in [0.25, 0.3) is 0 Å². The van der Waals surface area contributed by atoms with Crippen LogP contribution in [0.3, 0.4) is 0 Å². The Hall–Kier alpha value is -5.02. The van der Waals surface area contributed by atoms with E-state index < -0.39 is 34.6 Å². The van der Waals surface area contributed by atoms with Crippen LogP contribution in [-0.2, 0) is 0 Å². The van der Waals surface area contributed by atoms with Gasteiger partial charge in [0, 0.05) is 11.1 Å². The minimum absolute atomic E-state index is 0.133. The Morgan fingerprint density at radius 3 is 1.79 bits per heavy atom. The van der Waals surface area contributed by atoms with Crippen molar-refractivity contribution in [2.45, 2.75) is 0 Å². The third-order valence-electron chi connectivity index (χ3n) is 6.98.